The van der Waals surface area contributed by atoms with Crippen LogP contribution in [-0.2, 0) is 0 Å². The molecule has 0 aliphatic carbocycles. The smallest absolute Gasteiger partial charge is 0.123 e. The normalized spacial score (nSPS) is 10.2. The average Bonchev–Trinajstić information content (AvgIpc) is 2.20. The Balaban J connectivity index is 2.49. The molecule has 0 atom stereocenters. The Labute approximate surface area is 88.8 Å². The Morgan fingerprint density at radius 3 is 2.47 bits per heavy atom. The SMILES string of the molecule is Cc1cc(N)ccc1-c1ccc(N)nc1. The number of anilines is 2. The molecule has 1 heterocycles. The summed E-state index contributed by atoms with van der Waals surface area (Å²) in [6, 6.07) is 9.59. The third kappa shape index (κ3) is 1.91. The molecule has 0 aliphatic heterocycles. The van der Waals surface area contributed by atoms with E-state index in [1.165, 1.54) is 0 Å². The topological polar surface area (TPSA) is 64.9 Å². The van der Waals surface area contributed by atoms with Gasteiger partial charge in [-0.25, -0.2) is 4.98 Å². The highest BCUT2D eigenvalue weighted by atomic mass is 14.8. The van der Waals surface area contributed by atoms with Gasteiger partial charge in [0, 0.05) is 17.4 Å². The molecule has 0 aliphatic rings. The number of aromatic nitrogens is 1. The van der Waals surface area contributed by atoms with Crippen LogP contribution in [0.1, 0.15) is 5.56 Å². The summed E-state index contributed by atoms with van der Waals surface area (Å²) in [5.74, 6) is 0.534. The quantitative estimate of drug-likeness (QED) is 0.692. The zero-order chi connectivity index (χ0) is 10.8. The van der Waals surface area contributed by atoms with Gasteiger partial charge < -0.3 is 11.5 Å². The monoisotopic (exact) mass is 199 g/mol. The van der Waals surface area contributed by atoms with Crippen LogP contribution in [0, 0.1) is 6.92 Å². The first kappa shape index (κ1) is 9.52. The predicted molar refractivity (Wildman–Crippen MR) is 63.2 cm³/mol. The molecule has 0 bridgehead atoms. The van der Waals surface area contributed by atoms with Crippen LogP contribution >= 0.6 is 0 Å². The fourth-order valence-electron chi connectivity index (χ4n) is 1.58. The third-order valence-electron chi connectivity index (χ3n) is 2.35. The lowest BCUT2D eigenvalue weighted by Crippen LogP contribution is -1.91. The molecule has 0 amide bonds. The molecule has 1 aromatic carbocycles. The molecule has 15 heavy (non-hydrogen) atoms. The largest absolute Gasteiger partial charge is 0.399 e. The van der Waals surface area contributed by atoms with E-state index in [9.17, 15) is 0 Å². The third-order valence-corrected chi connectivity index (χ3v) is 2.35. The van der Waals surface area contributed by atoms with Gasteiger partial charge in [0.2, 0.25) is 0 Å². The first-order chi connectivity index (χ1) is 7.16. The minimum atomic E-state index is 0.534. The lowest BCUT2D eigenvalue weighted by Gasteiger charge is -2.06. The molecule has 0 saturated heterocycles. The number of nitrogens with two attached hydrogens (primary N) is 2. The van der Waals surface area contributed by atoms with E-state index in [1.54, 1.807) is 12.3 Å². The van der Waals surface area contributed by atoms with Crippen LogP contribution in [-0.4, -0.2) is 4.98 Å². The summed E-state index contributed by atoms with van der Waals surface area (Å²) < 4.78 is 0. The van der Waals surface area contributed by atoms with E-state index in [1.807, 2.05) is 31.2 Å². The van der Waals surface area contributed by atoms with Gasteiger partial charge >= 0.3 is 0 Å². The van der Waals surface area contributed by atoms with Gasteiger partial charge in [0.05, 0.1) is 0 Å². The van der Waals surface area contributed by atoms with Crippen LogP contribution in [0.5, 0.6) is 0 Å². The first-order valence-corrected chi connectivity index (χ1v) is 4.75. The number of hydrogen-bond donors (Lipinski definition) is 2. The van der Waals surface area contributed by atoms with Gasteiger partial charge in [0.25, 0.3) is 0 Å². The second-order valence-electron chi connectivity index (χ2n) is 3.55. The van der Waals surface area contributed by atoms with E-state index in [0.29, 0.717) is 5.82 Å². The molecule has 3 heteroatoms. The highest BCUT2D eigenvalue weighted by molar-refractivity contribution is 5.69. The fraction of sp³-hybridized carbons (Fsp3) is 0.0833. The van der Waals surface area contributed by atoms with Crippen LogP contribution in [0.15, 0.2) is 36.5 Å². The van der Waals surface area contributed by atoms with Crippen molar-refractivity contribution < 1.29 is 0 Å². The summed E-state index contributed by atoms with van der Waals surface area (Å²) in [5, 5.41) is 0. The van der Waals surface area contributed by atoms with E-state index in [-0.39, 0.29) is 0 Å². The average molecular weight is 199 g/mol. The molecule has 1 aromatic heterocycles. The molecule has 76 valence electrons. The summed E-state index contributed by atoms with van der Waals surface area (Å²) in [4.78, 5) is 4.07. The van der Waals surface area contributed by atoms with Gasteiger partial charge in [0.1, 0.15) is 5.82 Å². The molecule has 0 unspecified atom stereocenters. The summed E-state index contributed by atoms with van der Waals surface area (Å²) in [5.41, 5.74) is 15.3. The van der Waals surface area contributed by atoms with Gasteiger partial charge in [0.15, 0.2) is 0 Å². The molecular formula is C12H13N3. The fourth-order valence-corrected chi connectivity index (χ4v) is 1.58. The van der Waals surface area contributed by atoms with Crippen LogP contribution in [0.25, 0.3) is 11.1 Å². The van der Waals surface area contributed by atoms with E-state index < -0.39 is 0 Å². The molecule has 2 rings (SSSR count). The minimum Gasteiger partial charge on any atom is -0.399 e. The van der Waals surface area contributed by atoms with Gasteiger partial charge in [-0.15, -0.1) is 0 Å². The Kier molecular flexibility index (Phi) is 2.29. The van der Waals surface area contributed by atoms with Crippen molar-refractivity contribution in [3.63, 3.8) is 0 Å². The number of nitrogens with zero attached hydrogens (tertiary/aromatic N) is 1. The number of pyridine rings is 1. The first-order valence-electron chi connectivity index (χ1n) is 4.75. The molecule has 0 radical (unpaired) electrons. The number of rotatable bonds is 1. The van der Waals surface area contributed by atoms with E-state index in [4.69, 9.17) is 11.5 Å². The summed E-state index contributed by atoms with van der Waals surface area (Å²) >= 11 is 0. The second kappa shape index (κ2) is 3.61. The standard InChI is InChI=1S/C12H13N3/c1-8-6-10(13)3-4-11(8)9-2-5-12(14)15-7-9/h2-7H,13H2,1H3,(H2,14,15). The molecule has 4 N–H and O–H groups in total. The highest BCUT2D eigenvalue weighted by Crippen LogP contribution is 2.24. The van der Waals surface area contributed by atoms with Gasteiger partial charge in [-0.3, -0.25) is 0 Å². The summed E-state index contributed by atoms with van der Waals surface area (Å²) in [6.07, 6.45) is 1.77. The van der Waals surface area contributed by atoms with Crippen molar-refractivity contribution in [2.24, 2.45) is 0 Å². The van der Waals surface area contributed by atoms with E-state index in [2.05, 4.69) is 4.98 Å². The van der Waals surface area contributed by atoms with Crippen LogP contribution in [0.2, 0.25) is 0 Å². The summed E-state index contributed by atoms with van der Waals surface area (Å²) in [6.45, 7) is 2.03. The molecule has 0 fully saturated rings. The van der Waals surface area contributed by atoms with E-state index >= 15 is 0 Å². The maximum atomic E-state index is 5.69. The molecular weight excluding hydrogens is 186 g/mol. The Bertz CT molecular complexity index is 475. The Morgan fingerprint density at radius 1 is 1.07 bits per heavy atom. The van der Waals surface area contributed by atoms with Gasteiger partial charge in [-0.2, -0.15) is 0 Å². The van der Waals surface area contributed by atoms with E-state index in [0.717, 1.165) is 22.4 Å². The Morgan fingerprint density at radius 2 is 1.87 bits per heavy atom. The van der Waals surface area contributed by atoms with Crippen LogP contribution in [0.4, 0.5) is 11.5 Å². The van der Waals surface area contributed by atoms with Crippen LogP contribution < -0.4 is 11.5 Å². The zero-order valence-electron chi connectivity index (χ0n) is 8.57. The number of hydrogen-bond acceptors (Lipinski definition) is 3. The number of benzene rings is 1. The second-order valence-corrected chi connectivity index (χ2v) is 3.55. The van der Waals surface area contributed by atoms with Crippen molar-refractivity contribution >= 4 is 11.5 Å². The summed E-state index contributed by atoms with van der Waals surface area (Å²) in [7, 11) is 0. The van der Waals surface area contributed by atoms with Crippen molar-refractivity contribution in [1.29, 1.82) is 0 Å². The van der Waals surface area contributed by atoms with Crippen molar-refractivity contribution in [2.45, 2.75) is 6.92 Å². The van der Waals surface area contributed by atoms with Crippen molar-refractivity contribution in [3.05, 3.63) is 42.1 Å². The molecule has 0 spiro atoms. The van der Waals surface area contributed by atoms with Gasteiger partial charge in [-0.05, 0) is 42.3 Å². The highest BCUT2D eigenvalue weighted by Gasteiger charge is 2.02. The van der Waals surface area contributed by atoms with Gasteiger partial charge in [-0.1, -0.05) is 6.07 Å². The minimum absolute atomic E-state index is 0.534. The maximum Gasteiger partial charge on any atom is 0.123 e. The lowest BCUT2D eigenvalue weighted by molar-refractivity contribution is 1.33. The predicted octanol–water partition coefficient (Wildman–Crippen LogP) is 2.22. The van der Waals surface area contributed by atoms with Crippen molar-refractivity contribution in [3.8, 4) is 11.1 Å². The molecule has 2 aromatic rings. The zero-order valence-corrected chi connectivity index (χ0v) is 8.57. The number of nitrogen functional groups attached to an aromatic ring is 2. The van der Waals surface area contributed by atoms with Crippen LogP contribution in [0.3, 0.4) is 0 Å². The molecule has 3 nitrogen and oxygen atoms in total. The number of aryl methyl sites for hydroxylation is 1. The maximum absolute atomic E-state index is 5.69. The lowest BCUT2D eigenvalue weighted by atomic mass is 10.0. The van der Waals surface area contributed by atoms with Crippen molar-refractivity contribution in [2.75, 3.05) is 11.5 Å². The molecule has 0 saturated carbocycles. The van der Waals surface area contributed by atoms with Crippen molar-refractivity contribution in [1.82, 2.24) is 4.98 Å². The Hall–Kier alpha value is -2.03.